The van der Waals surface area contributed by atoms with Crippen molar-refractivity contribution in [1.82, 2.24) is 4.90 Å². The molecule has 0 radical (unpaired) electrons. The van der Waals surface area contributed by atoms with Crippen molar-refractivity contribution in [2.75, 3.05) is 19.7 Å². The molecule has 1 saturated heterocycles. The Bertz CT molecular complexity index is 175. The second kappa shape index (κ2) is 9.64. The van der Waals surface area contributed by atoms with Crippen LogP contribution in [-0.2, 0) is 9.53 Å². The minimum absolute atomic E-state index is 0.277. The molecule has 0 saturated carbocycles. The van der Waals surface area contributed by atoms with E-state index in [0.717, 1.165) is 39.0 Å². The molecule has 0 spiro atoms. The lowest BCUT2D eigenvalue weighted by atomic mass is 10.1. The maximum Gasteiger partial charge on any atom is 0.222 e. The smallest absolute Gasteiger partial charge is 0.222 e. The van der Waals surface area contributed by atoms with Crippen molar-refractivity contribution < 1.29 is 9.53 Å². The van der Waals surface area contributed by atoms with Gasteiger partial charge in [-0.25, -0.2) is 0 Å². The summed E-state index contributed by atoms with van der Waals surface area (Å²) in [5, 5.41) is 0. The first kappa shape index (κ1) is 15.4. The normalized spacial score (nSPS) is 16.6. The molecule has 0 bridgehead atoms. The molecule has 0 unspecified atom stereocenters. The van der Waals surface area contributed by atoms with Gasteiger partial charge in [-0.2, -0.15) is 0 Å². The van der Waals surface area contributed by atoms with Crippen LogP contribution in [0.4, 0.5) is 0 Å². The molecule has 1 aliphatic heterocycles. The third-order valence-electron chi connectivity index (χ3n) is 2.65. The van der Waals surface area contributed by atoms with Gasteiger partial charge >= 0.3 is 0 Å². The highest BCUT2D eigenvalue weighted by molar-refractivity contribution is 5.75. The molecule has 0 aromatic carbocycles. The Morgan fingerprint density at radius 1 is 1.25 bits per heavy atom. The first-order chi connectivity index (χ1) is 7.77. The lowest BCUT2D eigenvalue weighted by Gasteiger charge is -2.31. The molecule has 3 nitrogen and oxygen atoms in total. The van der Waals surface area contributed by atoms with E-state index in [-0.39, 0.29) is 5.91 Å². The quantitative estimate of drug-likeness (QED) is 0.742. The van der Waals surface area contributed by atoms with Crippen LogP contribution >= 0.6 is 0 Å². The molecule has 0 atom stereocenters. The fraction of sp³-hybridized carbons (Fsp3) is 0.923. The van der Waals surface area contributed by atoms with Crippen molar-refractivity contribution >= 4 is 5.91 Å². The van der Waals surface area contributed by atoms with Crippen molar-refractivity contribution in [2.45, 2.75) is 59.5 Å². The lowest BCUT2D eigenvalue weighted by molar-refractivity contribution is -0.133. The number of rotatable bonds is 4. The van der Waals surface area contributed by atoms with Gasteiger partial charge in [0.1, 0.15) is 0 Å². The van der Waals surface area contributed by atoms with Crippen molar-refractivity contribution in [2.24, 2.45) is 0 Å². The molecule has 0 aromatic rings. The Morgan fingerprint density at radius 3 is 2.25 bits per heavy atom. The zero-order chi connectivity index (χ0) is 12.4. The third-order valence-corrected chi connectivity index (χ3v) is 2.65. The van der Waals surface area contributed by atoms with Crippen LogP contribution in [0.2, 0.25) is 0 Å². The van der Waals surface area contributed by atoms with Gasteiger partial charge < -0.3 is 9.64 Å². The summed E-state index contributed by atoms with van der Waals surface area (Å²) < 4.78 is 5.66. The van der Waals surface area contributed by atoms with Crippen LogP contribution in [0.5, 0.6) is 0 Å². The molecule has 3 heteroatoms. The summed E-state index contributed by atoms with van der Waals surface area (Å²) in [6.45, 7) is 10.6. The van der Waals surface area contributed by atoms with E-state index in [1.807, 2.05) is 25.7 Å². The van der Waals surface area contributed by atoms with E-state index in [2.05, 4.69) is 6.92 Å². The van der Waals surface area contributed by atoms with Gasteiger partial charge in [0.15, 0.2) is 0 Å². The number of piperidine rings is 1. The van der Waals surface area contributed by atoms with Gasteiger partial charge in [0.25, 0.3) is 0 Å². The van der Waals surface area contributed by atoms with E-state index < -0.39 is 0 Å². The van der Waals surface area contributed by atoms with E-state index in [9.17, 15) is 4.79 Å². The van der Waals surface area contributed by atoms with Gasteiger partial charge in [0.2, 0.25) is 5.91 Å². The summed E-state index contributed by atoms with van der Waals surface area (Å²) in [7, 11) is 0. The van der Waals surface area contributed by atoms with Crippen LogP contribution in [0.15, 0.2) is 0 Å². The highest BCUT2D eigenvalue weighted by Gasteiger charge is 2.21. The molecule has 1 aliphatic rings. The highest BCUT2D eigenvalue weighted by atomic mass is 16.5. The highest BCUT2D eigenvalue weighted by Crippen LogP contribution is 2.14. The SMILES string of the molecule is CC.CCCOC1CCN(C(=O)CC)CC1. The molecule has 0 aliphatic carbocycles. The Balaban J connectivity index is 0.00000106. The summed E-state index contributed by atoms with van der Waals surface area (Å²) in [6, 6.07) is 0. The van der Waals surface area contributed by atoms with Crippen LogP contribution < -0.4 is 0 Å². The number of nitrogens with zero attached hydrogens (tertiary/aromatic N) is 1. The largest absolute Gasteiger partial charge is 0.378 e. The summed E-state index contributed by atoms with van der Waals surface area (Å²) in [5.41, 5.74) is 0. The predicted molar refractivity (Wildman–Crippen MR) is 67.5 cm³/mol. The third kappa shape index (κ3) is 5.50. The monoisotopic (exact) mass is 229 g/mol. The molecule has 1 heterocycles. The number of amides is 1. The van der Waals surface area contributed by atoms with E-state index in [1.54, 1.807) is 0 Å². The van der Waals surface area contributed by atoms with Crippen LogP contribution in [0, 0.1) is 0 Å². The fourth-order valence-electron chi connectivity index (χ4n) is 1.78. The molecule has 0 aromatic heterocycles. The number of likely N-dealkylation sites (tertiary alicyclic amines) is 1. The minimum Gasteiger partial charge on any atom is -0.378 e. The topological polar surface area (TPSA) is 29.5 Å². The number of hydrogen-bond donors (Lipinski definition) is 0. The van der Waals surface area contributed by atoms with E-state index in [0.29, 0.717) is 12.5 Å². The number of ether oxygens (including phenoxy) is 1. The van der Waals surface area contributed by atoms with Crippen molar-refractivity contribution in [3.05, 3.63) is 0 Å². The van der Waals surface area contributed by atoms with Crippen molar-refractivity contribution in [1.29, 1.82) is 0 Å². The Morgan fingerprint density at radius 2 is 1.81 bits per heavy atom. The van der Waals surface area contributed by atoms with Crippen LogP contribution in [0.1, 0.15) is 53.4 Å². The summed E-state index contributed by atoms with van der Waals surface area (Å²) >= 11 is 0. The first-order valence-corrected chi connectivity index (χ1v) is 6.67. The Hall–Kier alpha value is -0.570. The van der Waals surface area contributed by atoms with Gasteiger partial charge in [0.05, 0.1) is 6.10 Å². The fourth-order valence-corrected chi connectivity index (χ4v) is 1.78. The van der Waals surface area contributed by atoms with Crippen LogP contribution in [0.3, 0.4) is 0 Å². The maximum atomic E-state index is 11.4. The molecule has 16 heavy (non-hydrogen) atoms. The zero-order valence-electron chi connectivity index (χ0n) is 11.3. The van der Waals surface area contributed by atoms with Gasteiger partial charge in [-0.1, -0.05) is 27.7 Å². The van der Waals surface area contributed by atoms with Crippen LogP contribution in [0.25, 0.3) is 0 Å². The van der Waals surface area contributed by atoms with Gasteiger partial charge in [-0.3, -0.25) is 4.79 Å². The van der Waals surface area contributed by atoms with Gasteiger partial charge in [-0.15, -0.1) is 0 Å². The average Bonchev–Trinajstić information content (AvgIpc) is 2.38. The summed E-state index contributed by atoms with van der Waals surface area (Å²) in [4.78, 5) is 13.3. The molecule has 96 valence electrons. The van der Waals surface area contributed by atoms with Crippen molar-refractivity contribution in [3.8, 4) is 0 Å². The van der Waals surface area contributed by atoms with E-state index >= 15 is 0 Å². The summed E-state index contributed by atoms with van der Waals surface area (Å²) in [5.74, 6) is 0.277. The lowest BCUT2D eigenvalue weighted by Crippen LogP contribution is -2.40. The van der Waals surface area contributed by atoms with Crippen LogP contribution in [-0.4, -0.2) is 36.6 Å². The maximum absolute atomic E-state index is 11.4. The molecular formula is C13H27NO2. The first-order valence-electron chi connectivity index (χ1n) is 6.67. The molecule has 1 amide bonds. The molecular weight excluding hydrogens is 202 g/mol. The Labute approximate surface area is 100 Å². The predicted octanol–water partition coefficient (Wildman–Crippen LogP) is 2.84. The zero-order valence-corrected chi connectivity index (χ0v) is 11.3. The number of carbonyl (C=O) groups excluding carboxylic acids is 1. The number of hydrogen-bond acceptors (Lipinski definition) is 2. The van der Waals surface area contributed by atoms with E-state index in [1.165, 1.54) is 0 Å². The van der Waals surface area contributed by atoms with Crippen molar-refractivity contribution in [3.63, 3.8) is 0 Å². The molecule has 1 fully saturated rings. The standard InChI is InChI=1S/C11H21NO2.C2H6/c1-3-9-14-10-5-7-12(8-6-10)11(13)4-2;1-2/h10H,3-9H2,1-2H3;1-2H3. The Kier molecular flexibility index (Phi) is 9.30. The van der Waals surface area contributed by atoms with E-state index in [4.69, 9.17) is 4.74 Å². The van der Waals surface area contributed by atoms with Gasteiger partial charge in [0, 0.05) is 26.1 Å². The summed E-state index contributed by atoms with van der Waals surface area (Å²) in [6.07, 6.45) is 4.10. The molecule has 1 rings (SSSR count). The second-order valence-electron chi connectivity index (χ2n) is 3.80. The number of carbonyl (C=O) groups is 1. The second-order valence-corrected chi connectivity index (χ2v) is 3.80. The minimum atomic E-state index is 0.277. The average molecular weight is 229 g/mol. The molecule has 0 N–H and O–H groups in total. The van der Waals surface area contributed by atoms with Gasteiger partial charge in [-0.05, 0) is 19.3 Å².